The molecule has 234 valence electrons. The number of carbonyl (C=O) groups is 1. The molecule has 0 radical (unpaired) electrons. The number of aryl methyl sites for hydroxylation is 2. The summed E-state index contributed by atoms with van der Waals surface area (Å²) in [5, 5.41) is 0.692. The van der Waals surface area contributed by atoms with E-state index in [1.807, 2.05) is 24.3 Å². The van der Waals surface area contributed by atoms with Crippen LogP contribution in [-0.4, -0.2) is 63.0 Å². The Labute approximate surface area is 268 Å². The van der Waals surface area contributed by atoms with E-state index in [0.29, 0.717) is 30.0 Å². The zero-order valence-corrected chi connectivity index (χ0v) is 27.1. The van der Waals surface area contributed by atoms with Crippen molar-refractivity contribution in [2.75, 3.05) is 26.2 Å². The highest BCUT2D eigenvalue weighted by molar-refractivity contribution is 6.30. The number of ether oxygens (including phenoxy) is 1. The Bertz CT molecular complexity index is 1230. The second-order valence-electron chi connectivity index (χ2n) is 11.2. The SMILES string of the molecule is Cc1cccc2c1nc(COc1ccc(Cl)cc1)n2CCCCC(=O)N1CCCCC1CCN1CCCCC1.Cl.Cl.O. The number of likely N-dealkylation sites (tertiary alicyclic amines) is 2. The molecule has 2 saturated heterocycles. The Morgan fingerprint density at radius 1 is 0.952 bits per heavy atom. The van der Waals surface area contributed by atoms with Crippen molar-refractivity contribution in [1.82, 2.24) is 19.4 Å². The van der Waals surface area contributed by atoms with Gasteiger partial charge in [-0.25, -0.2) is 4.98 Å². The fourth-order valence-electron chi connectivity index (χ4n) is 6.21. The molecule has 0 spiro atoms. The predicted octanol–water partition coefficient (Wildman–Crippen LogP) is 7.02. The maximum Gasteiger partial charge on any atom is 0.222 e. The van der Waals surface area contributed by atoms with E-state index in [2.05, 4.69) is 39.5 Å². The summed E-state index contributed by atoms with van der Waals surface area (Å²) in [6.07, 6.45) is 11.2. The fraction of sp³-hybridized carbons (Fsp3) is 0.562. The van der Waals surface area contributed by atoms with Crippen LogP contribution in [0, 0.1) is 6.92 Å². The third-order valence-corrected chi connectivity index (χ3v) is 8.69. The van der Waals surface area contributed by atoms with Gasteiger partial charge in [0.15, 0.2) is 0 Å². The normalized spacial score (nSPS) is 17.2. The topological polar surface area (TPSA) is 82.1 Å². The molecule has 5 rings (SSSR count). The van der Waals surface area contributed by atoms with Gasteiger partial charge in [0, 0.05) is 37.1 Å². The molecule has 3 aromatic rings. The van der Waals surface area contributed by atoms with Crippen molar-refractivity contribution in [2.24, 2.45) is 0 Å². The first-order valence-electron chi connectivity index (χ1n) is 14.9. The van der Waals surface area contributed by atoms with Crippen LogP contribution in [0.15, 0.2) is 42.5 Å². The van der Waals surface area contributed by atoms with Crippen molar-refractivity contribution >= 4 is 53.4 Å². The second-order valence-corrected chi connectivity index (χ2v) is 11.7. The first kappa shape index (κ1) is 36.2. The van der Waals surface area contributed by atoms with Gasteiger partial charge in [0.2, 0.25) is 5.91 Å². The monoisotopic (exact) mass is 640 g/mol. The molecule has 42 heavy (non-hydrogen) atoms. The number of unbranched alkanes of at least 4 members (excludes halogenated alkanes) is 1. The Kier molecular flexibility index (Phi) is 15.4. The van der Waals surface area contributed by atoms with E-state index in [0.717, 1.165) is 79.9 Å². The van der Waals surface area contributed by atoms with E-state index < -0.39 is 0 Å². The summed E-state index contributed by atoms with van der Waals surface area (Å²) in [4.78, 5) is 23.0. The molecule has 0 bridgehead atoms. The van der Waals surface area contributed by atoms with Crippen LogP contribution in [0.25, 0.3) is 11.0 Å². The third kappa shape index (κ3) is 9.48. The average Bonchev–Trinajstić information content (AvgIpc) is 3.33. The molecular weight excluding hydrogens is 595 g/mol. The first-order chi connectivity index (χ1) is 19.1. The summed E-state index contributed by atoms with van der Waals surface area (Å²) in [6.45, 7) is 7.85. The quantitative estimate of drug-likeness (QED) is 0.211. The van der Waals surface area contributed by atoms with Crippen LogP contribution in [0.5, 0.6) is 5.75 Å². The molecule has 1 amide bonds. The van der Waals surface area contributed by atoms with Crippen molar-refractivity contribution in [2.45, 2.75) is 90.3 Å². The van der Waals surface area contributed by atoms with Crippen molar-refractivity contribution in [3.8, 4) is 5.75 Å². The minimum absolute atomic E-state index is 0. The summed E-state index contributed by atoms with van der Waals surface area (Å²) in [5.41, 5.74) is 3.31. The van der Waals surface area contributed by atoms with Crippen molar-refractivity contribution in [1.29, 1.82) is 0 Å². The number of amides is 1. The lowest BCUT2D eigenvalue weighted by atomic mass is 9.97. The van der Waals surface area contributed by atoms with E-state index in [-0.39, 0.29) is 30.3 Å². The molecule has 2 N–H and O–H groups in total. The van der Waals surface area contributed by atoms with Gasteiger partial charge in [-0.05, 0) is 107 Å². The zero-order chi connectivity index (χ0) is 27.0. The number of imidazole rings is 1. The van der Waals surface area contributed by atoms with Gasteiger partial charge in [-0.2, -0.15) is 0 Å². The first-order valence-corrected chi connectivity index (χ1v) is 15.3. The lowest BCUT2D eigenvalue weighted by Gasteiger charge is -2.37. The summed E-state index contributed by atoms with van der Waals surface area (Å²) in [6, 6.07) is 14.2. The molecule has 3 heterocycles. The minimum Gasteiger partial charge on any atom is -0.486 e. The Hall–Kier alpha value is -2.03. The number of hydrogen-bond acceptors (Lipinski definition) is 4. The maximum absolute atomic E-state index is 13.3. The molecule has 10 heteroatoms. The third-order valence-electron chi connectivity index (χ3n) is 8.44. The van der Waals surface area contributed by atoms with Crippen LogP contribution in [0.1, 0.15) is 75.6 Å². The van der Waals surface area contributed by atoms with Crippen molar-refractivity contribution < 1.29 is 15.0 Å². The molecule has 2 aliphatic rings. The predicted molar refractivity (Wildman–Crippen MR) is 176 cm³/mol. The molecular formula is C32H47Cl3N4O3. The highest BCUT2D eigenvalue weighted by atomic mass is 35.5. The number of benzene rings is 2. The van der Waals surface area contributed by atoms with E-state index in [1.54, 1.807) is 0 Å². The van der Waals surface area contributed by atoms with Gasteiger partial charge in [-0.1, -0.05) is 30.2 Å². The van der Waals surface area contributed by atoms with Gasteiger partial charge in [0.1, 0.15) is 18.2 Å². The van der Waals surface area contributed by atoms with Crippen LogP contribution in [-0.2, 0) is 17.9 Å². The molecule has 2 aromatic carbocycles. The van der Waals surface area contributed by atoms with Crippen LogP contribution in [0.4, 0.5) is 0 Å². The van der Waals surface area contributed by atoms with E-state index >= 15 is 0 Å². The smallest absolute Gasteiger partial charge is 0.222 e. The molecule has 0 saturated carbocycles. The van der Waals surface area contributed by atoms with E-state index in [4.69, 9.17) is 21.3 Å². The summed E-state index contributed by atoms with van der Waals surface area (Å²) in [7, 11) is 0. The molecule has 7 nitrogen and oxygen atoms in total. The minimum atomic E-state index is 0. The second kappa shape index (κ2) is 17.9. The average molecular weight is 642 g/mol. The van der Waals surface area contributed by atoms with Crippen LogP contribution >= 0.6 is 36.4 Å². The Balaban J connectivity index is 0.00000205. The summed E-state index contributed by atoms with van der Waals surface area (Å²) < 4.78 is 8.32. The summed E-state index contributed by atoms with van der Waals surface area (Å²) in [5.74, 6) is 2.03. The number of para-hydroxylation sites is 1. The lowest BCUT2D eigenvalue weighted by molar-refractivity contribution is -0.135. The number of fused-ring (bicyclic) bond motifs is 1. The highest BCUT2D eigenvalue weighted by Crippen LogP contribution is 2.25. The van der Waals surface area contributed by atoms with E-state index in [1.165, 1.54) is 38.8 Å². The molecule has 1 unspecified atom stereocenters. The number of carbonyl (C=O) groups excluding carboxylic acids is 1. The van der Waals surface area contributed by atoms with Gasteiger partial charge in [-0.3, -0.25) is 4.79 Å². The number of piperidine rings is 2. The molecule has 2 fully saturated rings. The van der Waals surface area contributed by atoms with Gasteiger partial charge in [-0.15, -0.1) is 24.8 Å². The zero-order valence-electron chi connectivity index (χ0n) is 24.7. The Morgan fingerprint density at radius 2 is 1.69 bits per heavy atom. The molecule has 0 aliphatic carbocycles. The number of aromatic nitrogens is 2. The van der Waals surface area contributed by atoms with Gasteiger partial charge < -0.3 is 24.6 Å². The molecule has 1 atom stereocenters. The largest absolute Gasteiger partial charge is 0.486 e. The van der Waals surface area contributed by atoms with Crippen LogP contribution in [0.2, 0.25) is 5.02 Å². The lowest BCUT2D eigenvalue weighted by Crippen LogP contribution is -2.45. The number of hydrogen-bond donors (Lipinski definition) is 0. The van der Waals surface area contributed by atoms with Gasteiger partial charge in [0.25, 0.3) is 0 Å². The van der Waals surface area contributed by atoms with Gasteiger partial charge in [0.05, 0.1) is 11.0 Å². The van der Waals surface area contributed by atoms with E-state index in [9.17, 15) is 4.79 Å². The standard InChI is InChI=1S/C32H43ClN4O2.2ClH.H2O/c1-25-10-9-12-29-32(25)34-30(24-39-28-16-14-26(33)15-17-28)37(29)22-8-4-13-31(38)36-21-7-3-11-27(36)18-23-35-19-5-2-6-20-35;;;/h9-10,12,14-17,27H,2-8,11,13,18-24H2,1H3;2*1H;1H2. The van der Waals surface area contributed by atoms with Crippen molar-refractivity contribution in [3.63, 3.8) is 0 Å². The maximum atomic E-state index is 13.3. The summed E-state index contributed by atoms with van der Waals surface area (Å²) >= 11 is 6.02. The van der Waals surface area contributed by atoms with Gasteiger partial charge >= 0.3 is 0 Å². The molecule has 1 aromatic heterocycles. The highest BCUT2D eigenvalue weighted by Gasteiger charge is 2.27. The number of halogens is 3. The fourth-order valence-corrected chi connectivity index (χ4v) is 6.33. The Morgan fingerprint density at radius 3 is 2.45 bits per heavy atom. The van der Waals surface area contributed by atoms with Crippen LogP contribution in [0.3, 0.4) is 0 Å². The number of nitrogens with zero attached hydrogens (tertiary/aromatic N) is 4. The van der Waals surface area contributed by atoms with Crippen LogP contribution < -0.4 is 4.74 Å². The molecule has 2 aliphatic heterocycles. The number of rotatable bonds is 11. The van der Waals surface area contributed by atoms with Crippen molar-refractivity contribution in [3.05, 3.63) is 58.9 Å².